The highest BCUT2D eigenvalue weighted by Crippen LogP contribution is 2.38. The number of nitrogens with two attached hydrogens (primary N) is 2. The van der Waals surface area contributed by atoms with E-state index in [4.69, 9.17) is 16.5 Å². The van der Waals surface area contributed by atoms with E-state index in [1.165, 1.54) is 5.56 Å². The maximum atomic E-state index is 13.4. The van der Waals surface area contributed by atoms with Gasteiger partial charge in [-0.05, 0) is 54.1 Å². The number of amides is 2. The molecule has 1 fully saturated rings. The molecule has 1 aliphatic rings. The van der Waals surface area contributed by atoms with Crippen LogP contribution in [-0.4, -0.2) is 27.9 Å². The number of para-hydroxylation sites is 2. The van der Waals surface area contributed by atoms with Crippen LogP contribution in [0.4, 0.5) is 0 Å². The largest absolute Gasteiger partial charge is 0.368 e. The Kier molecular flexibility index (Phi) is 7.84. The molecule has 3 atom stereocenters. The lowest BCUT2D eigenvalue weighted by atomic mass is 9.74. The van der Waals surface area contributed by atoms with Crippen molar-refractivity contribution in [2.45, 2.75) is 50.6 Å². The van der Waals surface area contributed by atoms with E-state index in [-0.39, 0.29) is 17.7 Å². The smallest absolute Gasteiger partial charge is 0.244 e. The summed E-state index contributed by atoms with van der Waals surface area (Å²) < 4.78 is 2.24. The Balaban J connectivity index is 1.34. The first-order valence-electron chi connectivity index (χ1n) is 13.4. The van der Waals surface area contributed by atoms with E-state index in [0.717, 1.165) is 54.5 Å². The van der Waals surface area contributed by atoms with E-state index >= 15 is 0 Å². The summed E-state index contributed by atoms with van der Waals surface area (Å²) in [6, 6.07) is 25.1. The minimum absolute atomic E-state index is 0.101. The van der Waals surface area contributed by atoms with Crippen LogP contribution >= 0.6 is 0 Å². The number of nitrogens with zero attached hydrogens (tertiary/aromatic N) is 2. The fourth-order valence-electron chi connectivity index (χ4n) is 5.73. The Morgan fingerprint density at radius 2 is 1.66 bits per heavy atom. The summed E-state index contributed by atoms with van der Waals surface area (Å²) in [5.41, 5.74) is 16.6. The van der Waals surface area contributed by atoms with Crippen LogP contribution in [0.15, 0.2) is 78.9 Å². The van der Waals surface area contributed by atoms with Crippen LogP contribution in [0.3, 0.4) is 0 Å². The summed E-state index contributed by atoms with van der Waals surface area (Å²) in [4.78, 5) is 30.4. The van der Waals surface area contributed by atoms with Gasteiger partial charge in [-0.1, -0.05) is 79.6 Å². The summed E-state index contributed by atoms with van der Waals surface area (Å²) in [6.07, 6.45) is 4.54. The van der Waals surface area contributed by atoms with Crippen LogP contribution in [0.25, 0.3) is 11.0 Å². The van der Waals surface area contributed by atoms with Crippen molar-refractivity contribution in [3.63, 3.8) is 0 Å². The van der Waals surface area contributed by atoms with E-state index in [1.54, 1.807) is 0 Å². The van der Waals surface area contributed by atoms with Crippen LogP contribution in [0.2, 0.25) is 0 Å². The molecule has 1 aliphatic carbocycles. The number of hydrogen-bond donors (Lipinski definition) is 3. The summed E-state index contributed by atoms with van der Waals surface area (Å²) >= 11 is 0. The lowest BCUT2D eigenvalue weighted by Crippen LogP contribution is -2.42. The Morgan fingerprint density at radius 1 is 0.947 bits per heavy atom. The van der Waals surface area contributed by atoms with E-state index in [9.17, 15) is 9.59 Å². The van der Waals surface area contributed by atoms with Gasteiger partial charge in [0.2, 0.25) is 11.8 Å². The minimum atomic E-state index is -0.832. The zero-order valence-electron chi connectivity index (χ0n) is 21.6. The van der Waals surface area contributed by atoms with Gasteiger partial charge in [-0.3, -0.25) is 9.59 Å². The standard InChI is InChI=1S/C31H35N5O2/c32-19-18-28-34-26-12-6-7-13-27(26)36(28)20-21-14-16-22(17-15-21)24-10-4-5-11-25(24)31(38)35-29(30(33)37)23-8-2-1-3-9-23/h1-3,6-9,12-17,24-25,29H,4-5,10-11,18-20,32H2,(H2,33,37)(H,35,38)/t24-,25+,29-/m0/s1. The van der Waals surface area contributed by atoms with Crippen molar-refractivity contribution in [1.82, 2.24) is 14.9 Å². The molecule has 7 nitrogen and oxygen atoms in total. The molecule has 0 spiro atoms. The maximum absolute atomic E-state index is 13.4. The molecule has 5 N–H and O–H groups in total. The lowest BCUT2D eigenvalue weighted by Gasteiger charge is -2.32. The molecule has 5 rings (SSSR count). The minimum Gasteiger partial charge on any atom is -0.368 e. The van der Waals surface area contributed by atoms with Gasteiger partial charge in [0.15, 0.2) is 0 Å². The highest BCUT2D eigenvalue weighted by atomic mass is 16.2. The molecule has 0 unspecified atom stereocenters. The molecule has 1 saturated carbocycles. The Morgan fingerprint density at radius 3 is 2.39 bits per heavy atom. The average Bonchev–Trinajstić information content (AvgIpc) is 3.29. The van der Waals surface area contributed by atoms with Gasteiger partial charge in [0.05, 0.1) is 11.0 Å². The van der Waals surface area contributed by atoms with Gasteiger partial charge in [-0.25, -0.2) is 4.98 Å². The lowest BCUT2D eigenvalue weighted by molar-refractivity contribution is -0.131. The van der Waals surface area contributed by atoms with Gasteiger partial charge in [0.25, 0.3) is 0 Å². The number of carbonyl (C=O) groups is 2. The molecular formula is C31H35N5O2. The molecule has 0 aliphatic heterocycles. The molecule has 1 aromatic heterocycles. The highest BCUT2D eigenvalue weighted by molar-refractivity contribution is 5.89. The van der Waals surface area contributed by atoms with Gasteiger partial charge in [0, 0.05) is 18.9 Å². The second-order valence-corrected chi connectivity index (χ2v) is 10.1. The zero-order valence-corrected chi connectivity index (χ0v) is 21.6. The molecule has 1 heterocycles. The summed E-state index contributed by atoms with van der Waals surface area (Å²) in [5, 5.41) is 2.94. The molecule has 7 heteroatoms. The molecule has 2 amide bonds. The first-order chi connectivity index (χ1) is 18.5. The van der Waals surface area contributed by atoms with E-state index in [0.29, 0.717) is 18.7 Å². The number of fused-ring (bicyclic) bond motifs is 1. The predicted octanol–water partition coefficient (Wildman–Crippen LogP) is 4.20. The Hall–Kier alpha value is -3.97. The fraction of sp³-hybridized carbons (Fsp3) is 0.323. The van der Waals surface area contributed by atoms with Crippen molar-refractivity contribution < 1.29 is 9.59 Å². The van der Waals surface area contributed by atoms with Crippen molar-refractivity contribution in [2.24, 2.45) is 17.4 Å². The number of rotatable bonds is 9. The van der Waals surface area contributed by atoms with Crippen LogP contribution in [-0.2, 0) is 22.6 Å². The van der Waals surface area contributed by atoms with Gasteiger partial charge in [-0.15, -0.1) is 0 Å². The molecule has 0 bridgehead atoms. The molecule has 4 aromatic rings. The number of hydrogen-bond acceptors (Lipinski definition) is 4. The van der Waals surface area contributed by atoms with E-state index in [2.05, 4.69) is 40.2 Å². The number of primary amides is 1. The third kappa shape index (κ3) is 5.48. The van der Waals surface area contributed by atoms with Crippen LogP contribution in [0.5, 0.6) is 0 Å². The Bertz CT molecular complexity index is 1400. The van der Waals surface area contributed by atoms with Crippen molar-refractivity contribution >= 4 is 22.8 Å². The number of nitrogens with one attached hydrogen (secondary N) is 1. The molecule has 0 saturated heterocycles. The summed E-state index contributed by atoms with van der Waals surface area (Å²) in [7, 11) is 0. The second-order valence-electron chi connectivity index (χ2n) is 10.1. The fourth-order valence-corrected chi connectivity index (χ4v) is 5.73. The zero-order chi connectivity index (χ0) is 26.5. The molecule has 38 heavy (non-hydrogen) atoms. The van der Waals surface area contributed by atoms with Crippen molar-refractivity contribution in [2.75, 3.05) is 6.54 Å². The van der Waals surface area contributed by atoms with Crippen molar-refractivity contribution in [3.05, 3.63) is 101 Å². The third-order valence-corrected chi connectivity index (χ3v) is 7.66. The topological polar surface area (TPSA) is 116 Å². The van der Waals surface area contributed by atoms with E-state index < -0.39 is 11.9 Å². The number of carbonyl (C=O) groups excluding carboxylic acids is 2. The van der Waals surface area contributed by atoms with Gasteiger partial charge in [-0.2, -0.15) is 0 Å². The van der Waals surface area contributed by atoms with Gasteiger partial charge >= 0.3 is 0 Å². The van der Waals surface area contributed by atoms with Gasteiger partial charge < -0.3 is 21.4 Å². The third-order valence-electron chi connectivity index (χ3n) is 7.66. The normalized spacial score (nSPS) is 18.2. The SMILES string of the molecule is NCCc1nc2ccccc2n1Cc1ccc([C@@H]2CCCC[C@H]2C(=O)N[C@H](C(N)=O)c2ccccc2)cc1. The van der Waals surface area contributed by atoms with Crippen molar-refractivity contribution in [1.29, 1.82) is 0 Å². The first-order valence-corrected chi connectivity index (χ1v) is 13.4. The summed E-state index contributed by atoms with van der Waals surface area (Å²) in [5.74, 6) is 0.229. The second kappa shape index (κ2) is 11.6. The van der Waals surface area contributed by atoms with Crippen LogP contribution < -0.4 is 16.8 Å². The predicted molar refractivity (Wildman–Crippen MR) is 149 cm³/mol. The molecule has 196 valence electrons. The Labute approximate surface area is 223 Å². The van der Waals surface area contributed by atoms with Crippen LogP contribution in [0.1, 0.15) is 60.2 Å². The van der Waals surface area contributed by atoms with Crippen molar-refractivity contribution in [3.8, 4) is 0 Å². The number of aromatic nitrogens is 2. The van der Waals surface area contributed by atoms with E-state index in [1.807, 2.05) is 48.5 Å². The monoisotopic (exact) mass is 509 g/mol. The maximum Gasteiger partial charge on any atom is 0.244 e. The van der Waals surface area contributed by atoms with Crippen LogP contribution in [0, 0.1) is 5.92 Å². The summed E-state index contributed by atoms with van der Waals surface area (Å²) in [6.45, 7) is 1.26. The molecular weight excluding hydrogens is 474 g/mol. The average molecular weight is 510 g/mol. The molecule has 3 aromatic carbocycles. The quantitative estimate of drug-likeness (QED) is 0.313. The number of imidazole rings is 1. The number of benzene rings is 3. The van der Waals surface area contributed by atoms with Gasteiger partial charge in [0.1, 0.15) is 11.9 Å². The highest BCUT2D eigenvalue weighted by Gasteiger charge is 2.34. The molecule has 0 radical (unpaired) electrons. The first kappa shape index (κ1) is 25.7.